The van der Waals surface area contributed by atoms with E-state index >= 15 is 0 Å². The number of hydrogen-bond acceptors (Lipinski definition) is 3. The van der Waals surface area contributed by atoms with Crippen LogP contribution in [0.25, 0.3) is 10.8 Å². The maximum atomic E-state index is 9.42. The first kappa shape index (κ1) is 12.8. The van der Waals surface area contributed by atoms with Crippen LogP contribution in [0.15, 0.2) is 36.5 Å². The van der Waals surface area contributed by atoms with Gasteiger partial charge in [0.1, 0.15) is 5.82 Å². The molecule has 2 rings (SSSR count). The first-order valence-corrected chi connectivity index (χ1v) is 6.42. The number of nitrogens with one attached hydrogen (secondary N) is 1. The largest absolute Gasteiger partial charge is 0.394 e. The molecule has 0 amide bonds. The summed E-state index contributed by atoms with van der Waals surface area (Å²) in [6.45, 7) is 4.44. The Morgan fingerprint density at radius 2 is 2.00 bits per heavy atom. The number of benzene rings is 1. The van der Waals surface area contributed by atoms with Gasteiger partial charge < -0.3 is 10.4 Å². The van der Waals surface area contributed by atoms with Crippen molar-refractivity contribution < 1.29 is 5.11 Å². The normalized spacial score (nSPS) is 12.9. The average molecular weight is 244 g/mol. The first-order valence-electron chi connectivity index (χ1n) is 6.42. The fourth-order valence-electron chi connectivity index (χ4n) is 2.18. The summed E-state index contributed by atoms with van der Waals surface area (Å²) < 4.78 is 0. The topological polar surface area (TPSA) is 45.1 Å². The predicted octanol–water partition coefficient (Wildman–Crippen LogP) is 3.05. The molecule has 0 aliphatic rings. The lowest BCUT2D eigenvalue weighted by Gasteiger charge is -2.19. The van der Waals surface area contributed by atoms with Crippen LogP contribution in [-0.2, 0) is 0 Å². The van der Waals surface area contributed by atoms with E-state index in [9.17, 15) is 5.11 Å². The molecule has 1 aromatic carbocycles. The van der Waals surface area contributed by atoms with Crippen molar-refractivity contribution in [3.8, 4) is 0 Å². The Hall–Kier alpha value is -1.61. The van der Waals surface area contributed by atoms with E-state index in [1.54, 1.807) is 6.20 Å². The van der Waals surface area contributed by atoms with Crippen LogP contribution in [0.5, 0.6) is 0 Å². The number of nitrogens with zero attached hydrogens (tertiary/aromatic N) is 1. The Morgan fingerprint density at radius 1 is 1.22 bits per heavy atom. The molecule has 1 unspecified atom stereocenters. The number of aliphatic hydroxyl groups excluding tert-OH is 1. The van der Waals surface area contributed by atoms with Crippen molar-refractivity contribution in [1.82, 2.24) is 4.98 Å². The summed E-state index contributed by atoms with van der Waals surface area (Å²) in [4.78, 5) is 4.38. The number of aliphatic hydroxyl groups is 1. The SMILES string of the molecule is CC(C)CC(CO)Nc1nccc2ccccc12. The van der Waals surface area contributed by atoms with Crippen LogP contribution in [0.4, 0.5) is 5.82 Å². The van der Waals surface area contributed by atoms with Crippen LogP contribution < -0.4 is 5.32 Å². The van der Waals surface area contributed by atoms with Gasteiger partial charge in [0.2, 0.25) is 0 Å². The predicted molar refractivity (Wildman–Crippen MR) is 75.7 cm³/mol. The highest BCUT2D eigenvalue weighted by atomic mass is 16.3. The minimum atomic E-state index is 0.0586. The third-order valence-electron chi connectivity index (χ3n) is 2.99. The van der Waals surface area contributed by atoms with E-state index in [2.05, 4.69) is 36.3 Å². The lowest BCUT2D eigenvalue weighted by Crippen LogP contribution is -2.26. The Bertz CT molecular complexity index is 505. The van der Waals surface area contributed by atoms with Crippen LogP contribution in [-0.4, -0.2) is 22.7 Å². The highest BCUT2D eigenvalue weighted by Gasteiger charge is 2.11. The lowest BCUT2D eigenvalue weighted by atomic mass is 10.0. The second-order valence-electron chi connectivity index (χ2n) is 5.03. The molecule has 2 N–H and O–H groups in total. The molecule has 2 aromatic rings. The number of anilines is 1. The molecule has 3 nitrogen and oxygen atoms in total. The summed E-state index contributed by atoms with van der Waals surface area (Å²) >= 11 is 0. The molecule has 0 saturated carbocycles. The van der Waals surface area contributed by atoms with Crippen molar-refractivity contribution in [3.63, 3.8) is 0 Å². The van der Waals surface area contributed by atoms with E-state index in [-0.39, 0.29) is 12.6 Å². The fraction of sp³-hybridized carbons (Fsp3) is 0.400. The van der Waals surface area contributed by atoms with Gasteiger partial charge in [0.25, 0.3) is 0 Å². The summed E-state index contributed by atoms with van der Waals surface area (Å²) in [7, 11) is 0. The van der Waals surface area contributed by atoms with E-state index in [0.29, 0.717) is 5.92 Å². The molecule has 96 valence electrons. The fourth-order valence-corrected chi connectivity index (χ4v) is 2.18. The van der Waals surface area contributed by atoms with Gasteiger partial charge in [0.15, 0.2) is 0 Å². The van der Waals surface area contributed by atoms with Gasteiger partial charge in [-0.2, -0.15) is 0 Å². The summed E-state index contributed by atoms with van der Waals surface area (Å²) in [5.41, 5.74) is 0. The zero-order valence-corrected chi connectivity index (χ0v) is 10.9. The number of aromatic nitrogens is 1. The number of hydrogen-bond donors (Lipinski definition) is 2. The second-order valence-corrected chi connectivity index (χ2v) is 5.03. The van der Waals surface area contributed by atoms with Crippen LogP contribution in [0.2, 0.25) is 0 Å². The van der Waals surface area contributed by atoms with Crippen LogP contribution in [0, 0.1) is 5.92 Å². The van der Waals surface area contributed by atoms with Crippen molar-refractivity contribution in [2.45, 2.75) is 26.3 Å². The maximum Gasteiger partial charge on any atom is 0.134 e. The number of pyridine rings is 1. The highest BCUT2D eigenvalue weighted by Crippen LogP contribution is 2.22. The zero-order chi connectivity index (χ0) is 13.0. The second kappa shape index (κ2) is 5.83. The third-order valence-corrected chi connectivity index (χ3v) is 2.99. The zero-order valence-electron chi connectivity index (χ0n) is 10.9. The average Bonchev–Trinajstić information content (AvgIpc) is 2.38. The van der Waals surface area contributed by atoms with E-state index in [1.807, 2.05) is 18.2 Å². The smallest absolute Gasteiger partial charge is 0.134 e. The summed E-state index contributed by atoms with van der Waals surface area (Å²) in [5.74, 6) is 1.40. The van der Waals surface area contributed by atoms with Gasteiger partial charge in [-0.1, -0.05) is 38.1 Å². The minimum absolute atomic E-state index is 0.0586. The molecule has 1 aromatic heterocycles. The van der Waals surface area contributed by atoms with E-state index in [4.69, 9.17) is 0 Å². The quantitative estimate of drug-likeness (QED) is 0.849. The minimum Gasteiger partial charge on any atom is -0.394 e. The molecule has 18 heavy (non-hydrogen) atoms. The van der Waals surface area contributed by atoms with Gasteiger partial charge in [-0.05, 0) is 23.8 Å². The number of rotatable bonds is 5. The Balaban J connectivity index is 2.25. The lowest BCUT2D eigenvalue weighted by molar-refractivity contribution is 0.259. The maximum absolute atomic E-state index is 9.42. The van der Waals surface area contributed by atoms with E-state index < -0.39 is 0 Å². The van der Waals surface area contributed by atoms with Crippen LogP contribution in [0.3, 0.4) is 0 Å². The van der Waals surface area contributed by atoms with Gasteiger partial charge in [-0.25, -0.2) is 4.98 Å². The monoisotopic (exact) mass is 244 g/mol. The number of fused-ring (bicyclic) bond motifs is 1. The third kappa shape index (κ3) is 2.99. The summed E-state index contributed by atoms with van der Waals surface area (Å²) in [5, 5.41) is 15.0. The molecule has 0 radical (unpaired) electrons. The summed E-state index contributed by atoms with van der Waals surface area (Å²) in [6, 6.07) is 10.2. The van der Waals surface area contributed by atoms with Crippen molar-refractivity contribution in [3.05, 3.63) is 36.5 Å². The first-order chi connectivity index (χ1) is 8.70. The molecule has 1 atom stereocenters. The van der Waals surface area contributed by atoms with Crippen LogP contribution in [0.1, 0.15) is 20.3 Å². The molecule has 0 aliphatic carbocycles. The van der Waals surface area contributed by atoms with Crippen molar-refractivity contribution in [1.29, 1.82) is 0 Å². The van der Waals surface area contributed by atoms with Crippen molar-refractivity contribution in [2.75, 3.05) is 11.9 Å². The molecule has 0 spiro atoms. The Morgan fingerprint density at radius 3 is 2.72 bits per heavy atom. The van der Waals surface area contributed by atoms with E-state index in [0.717, 1.165) is 23.0 Å². The molecule has 3 heteroatoms. The van der Waals surface area contributed by atoms with E-state index in [1.165, 1.54) is 0 Å². The molecule has 0 aliphatic heterocycles. The van der Waals surface area contributed by atoms with Gasteiger partial charge in [-0.3, -0.25) is 0 Å². The molecule has 1 heterocycles. The van der Waals surface area contributed by atoms with Gasteiger partial charge >= 0.3 is 0 Å². The van der Waals surface area contributed by atoms with Gasteiger partial charge in [-0.15, -0.1) is 0 Å². The van der Waals surface area contributed by atoms with Crippen molar-refractivity contribution in [2.24, 2.45) is 5.92 Å². The van der Waals surface area contributed by atoms with Gasteiger partial charge in [0, 0.05) is 11.6 Å². The molecular formula is C15H20N2O. The standard InChI is InChI=1S/C15H20N2O/c1-11(2)9-13(10-18)17-15-14-6-4-3-5-12(14)7-8-16-15/h3-8,11,13,18H,9-10H2,1-2H3,(H,16,17). The van der Waals surface area contributed by atoms with Crippen molar-refractivity contribution >= 4 is 16.6 Å². The molecule has 0 saturated heterocycles. The van der Waals surface area contributed by atoms with Crippen LogP contribution >= 0.6 is 0 Å². The van der Waals surface area contributed by atoms with Gasteiger partial charge in [0.05, 0.1) is 12.6 Å². The Labute approximate surface area is 108 Å². The molecule has 0 fully saturated rings. The molecule has 0 bridgehead atoms. The highest BCUT2D eigenvalue weighted by molar-refractivity contribution is 5.91. The Kier molecular flexibility index (Phi) is 4.15. The summed E-state index contributed by atoms with van der Waals surface area (Å²) in [6.07, 6.45) is 2.73. The molecular weight excluding hydrogens is 224 g/mol.